The third kappa shape index (κ3) is 5.75. The summed E-state index contributed by atoms with van der Waals surface area (Å²) in [7, 11) is 0. The first-order chi connectivity index (χ1) is 15.9. The van der Waals surface area contributed by atoms with Gasteiger partial charge in [0.15, 0.2) is 0 Å². The Hall–Kier alpha value is -3.81. The summed E-state index contributed by atoms with van der Waals surface area (Å²) in [6.07, 6.45) is -2.41. The number of rotatable bonds is 6. The van der Waals surface area contributed by atoms with Crippen LogP contribution >= 0.6 is 0 Å². The zero-order chi connectivity index (χ0) is 25.1. The minimum Gasteiger partial charge on any atom is -0.343 e. The third-order valence-electron chi connectivity index (χ3n) is 5.31. The van der Waals surface area contributed by atoms with Crippen LogP contribution in [0.1, 0.15) is 33.5 Å². The average molecular weight is 478 g/mol. The fourth-order valence-electron chi connectivity index (χ4n) is 3.56. The molecule has 0 radical (unpaired) electrons. The molecule has 1 atom stereocenters. The lowest BCUT2D eigenvalue weighted by atomic mass is 9.96. The van der Waals surface area contributed by atoms with Crippen LogP contribution in [0.25, 0.3) is 5.57 Å². The molecule has 2 amide bonds. The Labute approximate surface area is 191 Å². The summed E-state index contributed by atoms with van der Waals surface area (Å²) in [4.78, 5) is 29.7. The van der Waals surface area contributed by atoms with E-state index in [0.29, 0.717) is 16.7 Å². The summed E-state index contributed by atoms with van der Waals surface area (Å²) in [6.45, 7) is 2.38. The Morgan fingerprint density at radius 2 is 1.91 bits per heavy atom. The van der Waals surface area contributed by atoms with Crippen LogP contribution in [0, 0.1) is 11.3 Å². The van der Waals surface area contributed by atoms with Gasteiger partial charge in [-0.25, -0.2) is 8.78 Å². The van der Waals surface area contributed by atoms with Gasteiger partial charge in [-0.2, -0.15) is 18.4 Å². The van der Waals surface area contributed by atoms with E-state index in [1.807, 2.05) is 0 Å². The Morgan fingerprint density at radius 1 is 1.24 bits per heavy atom. The van der Waals surface area contributed by atoms with E-state index in [0.717, 1.165) is 17.0 Å². The zero-order valence-corrected chi connectivity index (χ0v) is 17.7. The summed E-state index contributed by atoms with van der Waals surface area (Å²) in [5.41, 5.74) is 0.614. The number of alkyl halides is 5. The molecule has 1 aromatic carbocycles. The lowest BCUT2D eigenvalue weighted by molar-refractivity contribution is -0.137. The van der Waals surface area contributed by atoms with Crippen molar-refractivity contribution in [2.24, 2.45) is 0 Å². The fraction of sp³-hybridized carbons (Fsp3) is 0.304. The normalized spacial score (nSPS) is 17.2. The second-order valence-electron chi connectivity index (χ2n) is 7.80. The van der Waals surface area contributed by atoms with Crippen molar-refractivity contribution in [3.05, 3.63) is 71.6 Å². The van der Waals surface area contributed by atoms with E-state index in [4.69, 9.17) is 5.26 Å². The number of hydrogen-bond acceptors (Lipinski definition) is 4. The van der Waals surface area contributed by atoms with E-state index in [9.17, 15) is 31.5 Å². The molecule has 1 saturated heterocycles. The summed E-state index contributed by atoms with van der Waals surface area (Å²) in [5, 5.41) is 11.4. The molecule has 178 valence electrons. The molecular weight excluding hydrogens is 459 g/mol. The number of nitriles is 1. The van der Waals surface area contributed by atoms with Crippen LogP contribution in [-0.2, 0) is 17.4 Å². The molecular formula is C23H19F5N4O2. The lowest BCUT2D eigenvalue weighted by Gasteiger charge is -2.19. The van der Waals surface area contributed by atoms with E-state index in [1.165, 1.54) is 30.6 Å². The molecule has 34 heavy (non-hydrogen) atoms. The fourth-order valence-corrected chi connectivity index (χ4v) is 3.56. The molecule has 0 bridgehead atoms. The van der Waals surface area contributed by atoms with Gasteiger partial charge in [0.1, 0.15) is 6.04 Å². The van der Waals surface area contributed by atoms with Crippen molar-refractivity contribution in [2.45, 2.75) is 31.0 Å². The molecule has 0 spiro atoms. The second-order valence-corrected chi connectivity index (χ2v) is 7.80. The highest BCUT2D eigenvalue weighted by atomic mass is 19.4. The van der Waals surface area contributed by atoms with Crippen LogP contribution in [0.5, 0.6) is 0 Å². The molecule has 1 N–H and O–H groups in total. The number of carbonyl (C=O) groups excluding carboxylic acids is 2. The van der Waals surface area contributed by atoms with Gasteiger partial charge in [0.25, 0.3) is 11.8 Å². The highest BCUT2D eigenvalue weighted by molar-refractivity contribution is 5.98. The predicted molar refractivity (Wildman–Crippen MR) is 111 cm³/mol. The molecule has 1 aliphatic rings. The first kappa shape index (κ1) is 24.8. The van der Waals surface area contributed by atoms with E-state index < -0.39 is 55.0 Å². The minimum atomic E-state index is -4.47. The van der Waals surface area contributed by atoms with Crippen molar-refractivity contribution < 1.29 is 31.5 Å². The topological polar surface area (TPSA) is 86.1 Å². The maximum atomic E-state index is 13.5. The highest BCUT2D eigenvalue weighted by Crippen LogP contribution is 2.32. The van der Waals surface area contributed by atoms with Gasteiger partial charge in [-0.15, -0.1) is 0 Å². The number of pyridine rings is 1. The number of carbonyl (C=O) groups is 2. The van der Waals surface area contributed by atoms with Crippen LogP contribution in [-0.4, -0.2) is 46.8 Å². The second kappa shape index (κ2) is 9.59. The van der Waals surface area contributed by atoms with Gasteiger partial charge in [0, 0.05) is 24.4 Å². The Kier molecular flexibility index (Phi) is 7.00. The number of hydrogen-bond donors (Lipinski definition) is 1. The van der Waals surface area contributed by atoms with Crippen molar-refractivity contribution in [1.82, 2.24) is 15.2 Å². The molecule has 3 rings (SSSR count). The van der Waals surface area contributed by atoms with Crippen molar-refractivity contribution in [1.29, 1.82) is 5.26 Å². The summed E-state index contributed by atoms with van der Waals surface area (Å²) < 4.78 is 65.4. The third-order valence-corrected chi connectivity index (χ3v) is 5.31. The van der Waals surface area contributed by atoms with Crippen molar-refractivity contribution in [3.8, 4) is 6.07 Å². The Morgan fingerprint density at radius 3 is 2.53 bits per heavy atom. The van der Waals surface area contributed by atoms with Gasteiger partial charge in [0.05, 0.1) is 24.7 Å². The number of nitrogens with zero attached hydrogens (tertiary/aromatic N) is 3. The maximum absolute atomic E-state index is 13.5. The van der Waals surface area contributed by atoms with Crippen LogP contribution in [0.2, 0.25) is 0 Å². The molecule has 1 fully saturated rings. The first-order valence-electron chi connectivity index (χ1n) is 10.0. The van der Waals surface area contributed by atoms with Gasteiger partial charge in [-0.05, 0) is 41.3 Å². The number of likely N-dealkylation sites (tertiary alicyclic amines) is 1. The average Bonchev–Trinajstić information content (AvgIpc) is 3.11. The number of halogens is 5. The molecule has 0 aliphatic carbocycles. The molecule has 1 aliphatic heterocycles. The smallest absolute Gasteiger partial charge is 0.343 e. The van der Waals surface area contributed by atoms with Gasteiger partial charge in [-0.1, -0.05) is 18.7 Å². The van der Waals surface area contributed by atoms with Crippen LogP contribution in [0.15, 0.2) is 49.3 Å². The molecule has 1 aromatic heterocycles. The Balaban J connectivity index is 1.66. The van der Waals surface area contributed by atoms with Crippen LogP contribution in [0.3, 0.4) is 0 Å². The van der Waals surface area contributed by atoms with Crippen molar-refractivity contribution >= 4 is 17.4 Å². The van der Waals surface area contributed by atoms with Crippen LogP contribution in [0.4, 0.5) is 22.0 Å². The first-order valence-corrected chi connectivity index (χ1v) is 10.0. The molecule has 11 heteroatoms. The van der Waals surface area contributed by atoms with E-state index in [2.05, 4.69) is 16.9 Å². The number of benzene rings is 1. The molecule has 2 heterocycles. The molecule has 2 aromatic rings. The monoisotopic (exact) mass is 478 g/mol. The SMILES string of the molecule is C=C(Cc1cnccc1C(=O)NCC(=O)N1CC(F)(F)C[C@H]1C#N)c1ccc(C(F)(F)F)cc1. The number of nitrogens with one attached hydrogen (secondary N) is 1. The molecule has 0 unspecified atom stereocenters. The standard InChI is InChI=1S/C23H19F5N4O2/c1-14(15-2-4-17(5-3-15)23(26,27)28)8-16-11-30-7-6-19(16)21(34)31-12-20(33)32-13-22(24,25)9-18(32)10-29/h2-7,11,18H,1,8-9,12-13H2,(H,31,34)/t18-/m0/s1. The van der Waals surface area contributed by atoms with Crippen molar-refractivity contribution in [2.75, 3.05) is 13.1 Å². The van der Waals surface area contributed by atoms with Crippen molar-refractivity contribution in [3.63, 3.8) is 0 Å². The molecule has 6 nitrogen and oxygen atoms in total. The Bertz CT molecular complexity index is 1140. The molecule has 0 saturated carbocycles. The summed E-state index contributed by atoms with van der Waals surface area (Å²) in [6, 6.07) is 6.18. The van der Waals surface area contributed by atoms with Gasteiger partial charge < -0.3 is 10.2 Å². The zero-order valence-electron chi connectivity index (χ0n) is 17.7. The van der Waals surface area contributed by atoms with E-state index in [-0.39, 0.29) is 12.0 Å². The largest absolute Gasteiger partial charge is 0.416 e. The van der Waals surface area contributed by atoms with E-state index >= 15 is 0 Å². The maximum Gasteiger partial charge on any atom is 0.416 e. The van der Waals surface area contributed by atoms with Gasteiger partial charge in [-0.3, -0.25) is 14.6 Å². The number of aromatic nitrogens is 1. The van der Waals surface area contributed by atoms with E-state index in [1.54, 1.807) is 6.07 Å². The minimum absolute atomic E-state index is 0.0881. The number of amides is 2. The lowest BCUT2D eigenvalue weighted by Crippen LogP contribution is -2.43. The number of allylic oxidation sites excluding steroid dienone is 1. The quantitative estimate of drug-likeness (QED) is 0.640. The van der Waals surface area contributed by atoms with Gasteiger partial charge in [0.2, 0.25) is 5.91 Å². The predicted octanol–water partition coefficient (Wildman–Crippen LogP) is 3.85. The summed E-state index contributed by atoms with van der Waals surface area (Å²) >= 11 is 0. The van der Waals surface area contributed by atoms with Gasteiger partial charge >= 0.3 is 6.18 Å². The van der Waals surface area contributed by atoms with Crippen LogP contribution < -0.4 is 5.32 Å². The summed E-state index contributed by atoms with van der Waals surface area (Å²) in [5.74, 6) is -4.66. The highest BCUT2D eigenvalue weighted by Gasteiger charge is 2.47.